The number of hydrogen-bond donors (Lipinski definition) is 1. The molecule has 0 saturated carbocycles. The van der Waals surface area contributed by atoms with Crippen LogP contribution in [0.15, 0.2) is 0 Å². The van der Waals surface area contributed by atoms with Crippen molar-refractivity contribution in [1.29, 1.82) is 0 Å². The van der Waals surface area contributed by atoms with Crippen LogP contribution >= 0.6 is 0 Å². The van der Waals surface area contributed by atoms with Gasteiger partial charge in [0.1, 0.15) is 0 Å². The molecule has 0 spiro atoms. The first-order chi connectivity index (χ1) is 4.70. The van der Waals surface area contributed by atoms with Crippen LogP contribution in [0, 0.1) is 0 Å². The van der Waals surface area contributed by atoms with Crippen molar-refractivity contribution in [3.63, 3.8) is 0 Å². The molecular weight excluding hydrogens is 126 g/mol. The maximum Gasteiger partial charge on any atom is 0.0368 e. The SMILES string of the molecule is CN(C)C[C@H]1CCCN1N. The molecule has 1 aliphatic rings. The maximum absolute atomic E-state index is 5.73. The van der Waals surface area contributed by atoms with Gasteiger partial charge in [-0.05, 0) is 26.9 Å². The summed E-state index contributed by atoms with van der Waals surface area (Å²) in [5.74, 6) is 5.73. The van der Waals surface area contributed by atoms with Crippen LogP contribution in [0.3, 0.4) is 0 Å². The number of hydrazine groups is 1. The van der Waals surface area contributed by atoms with Gasteiger partial charge in [-0.3, -0.25) is 5.84 Å². The normalized spacial score (nSPS) is 28.2. The lowest BCUT2D eigenvalue weighted by Gasteiger charge is -2.22. The minimum atomic E-state index is 0.593. The quantitative estimate of drug-likeness (QED) is 0.547. The summed E-state index contributed by atoms with van der Waals surface area (Å²) in [6.45, 7) is 2.16. The highest BCUT2D eigenvalue weighted by Crippen LogP contribution is 2.12. The Labute approximate surface area is 62.8 Å². The molecule has 0 aromatic carbocycles. The fourth-order valence-electron chi connectivity index (χ4n) is 1.48. The van der Waals surface area contributed by atoms with E-state index >= 15 is 0 Å². The highest BCUT2D eigenvalue weighted by atomic mass is 15.4. The summed E-state index contributed by atoms with van der Waals surface area (Å²) in [5, 5.41) is 1.96. The molecule has 0 aromatic heterocycles. The molecule has 3 heteroatoms. The van der Waals surface area contributed by atoms with Crippen molar-refractivity contribution in [2.75, 3.05) is 27.2 Å². The number of rotatable bonds is 2. The molecule has 0 amide bonds. The van der Waals surface area contributed by atoms with E-state index in [0.29, 0.717) is 6.04 Å². The van der Waals surface area contributed by atoms with Crippen LogP contribution in [-0.2, 0) is 0 Å². The minimum absolute atomic E-state index is 0.593. The Morgan fingerprint density at radius 2 is 2.30 bits per heavy atom. The van der Waals surface area contributed by atoms with Crippen LogP contribution in [0.5, 0.6) is 0 Å². The Hall–Kier alpha value is -0.120. The predicted octanol–water partition coefficient (Wildman–Crippen LogP) is -0.114. The highest BCUT2D eigenvalue weighted by molar-refractivity contribution is 4.76. The van der Waals surface area contributed by atoms with E-state index < -0.39 is 0 Å². The fraction of sp³-hybridized carbons (Fsp3) is 1.00. The molecule has 0 bridgehead atoms. The predicted molar refractivity (Wildman–Crippen MR) is 42.5 cm³/mol. The van der Waals surface area contributed by atoms with Crippen molar-refractivity contribution in [1.82, 2.24) is 9.91 Å². The van der Waals surface area contributed by atoms with Crippen LogP contribution in [0.1, 0.15) is 12.8 Å². The molecule has 60 valence electrons. The van der Waals surface area contributed by atoms with Crippen LogP contribution in [0.4, 0.5) is 0 Å². The van der Waals surface area contributed by atoms with Gasteiger partial charge < -0.3 is 4.90 Å². The molecule has 3 nitrogen and oxygen atoms in total. The third kappa shape index (κ3) is 1.94. The van der Waals surface area contributed by atoms with Crippen molar-refractivity contribution in [2.24, 2.45) is 5.84 Å². The zero-order valence-corrected chi connectivity index (χ0v) is 6.88. The van der Waals surface area contributed by atoms with Crippen molar-refractivity contribution >= 4 is 0 Å². The van der Waals surface area contributed by atoms with E-state index in [2.05, 4.69) is 19.0 Å². The molecule has 1 atom stereocenters. The molecule has 10 heavy (non-hydrogen) atoms. The molecule has 0 radical (unpaired) electrons. The van der Waals surface area contributed by atoms with Crippen molar-refractivity contribution in [3.8, 4) is 0 Å². The lowest BCUT2D eigenvalue weighted by molar-refractivity contribution is 0.212. The number of nitrogens with two attached hydrogens (primary N) is 1. The molecule has 1 saturated heterocycles. The first-order valence-electron chi connectivity index (χ1n) is 3.86. The van der Waals surface area contributed by atoms with Crippen molar-refractivity contribution < 1.29 is 0 Å². The topological polar surface area (TPSA) is 32.5 Å². The first-order valence-corrected chi connectivity index (χ1v) is 3.86. The second kappa shape index (κ2) is 3.32. The van der Waals surface area contributed by atoms with Gasteiger partial charge in [-0.1, -0.05) is 0 Å². The number of nitrogens with zero attached hydrogens (tertiary/aromatic N) is 2. The van der Waals surface area contributed by atoms with Gasteiger partial charge in [0.15, 0.2) is 0 Å². The van der Waals surface area contributed by atoms with Gasteiger partial charge in [0, 0.05) is 19.1 Å². The molecular formula is C7H17N3. The number of likely N-dealkylation sites (N-methyl/N-ethyl adjacent to an activating group) is 1. The van der Waals surface area contributed by atoms with Gasteiger partial charge in [-0.25, -0.2) is 5.01 Å². The van der Waals surface area contributed by atoms with E-state index in [1.54, 1.807) is 0 Å². The van der Waals surface area contributed by atoms with Crippen molar-refractivity contribution in [3.05, 3.63) is 0 Å². The molecule has 0 aromatic rings. The van der Waals surface area contributed by atoms with Crippen LogP contribution in [0.2, 0.25) is 0 Å². The van der Waals surface area contributed by atoms with Gasteiger partial charge in [-0.15, -0.1) is 0 Å². The molecule has 1 rings (SSSR count). The molecule has 1 fully saturated rings. The fourth-order valence-corrected chi connectivity index (χ4v) is 1.48. The minimum Gasteiger partial charge on any atom is -0.308 e. The summed E-state index contributed by atoms with van der Waals surface area (Å²) >= 11 is 0. The molecule has 0 unspecified atom stereocenters. The third-order valence-electron chi connectivity index (χ3n) is 2.00. The zero-order valence-electron chi connectivity index (χ0n) is 6.88. The summed E-state index contributed by atoms with van der Waals surface area (Å²) in [6, 6.07) is 0.593. The van der Waals surface area contributed by atoms with E-state index in [0.717, 1.165) is 13.1 Å². The summed E-state index contributed by atoms with van der Waals surface area (Å²) in [4.78, 5) is 2.19. The largest absolute Gasteiger partial charge is 0.308 e. The standard InChI is InChI=1S/C7H17N3/c1-9(2)6-7-4-3-5-10(7)8/h7H,3-6,8H2,1-2H3/t7-/m1/s1. The lowest BCUT2D eigenvalue weighted by Crippen LogP contribution is -2.41. The van der Waals surface area contributed by atoms with Gasteiger partial charge in [0.25, 0.3) is 0 Å². The van der Waals surface area contributed by atoms with E-state index in [9.17, 15) is 0 Å². The monoisotopic (exact) mass is 143 g/mol. The average molecular weight is 143 g/mol. The van der Waals surface area contributed by atoms with Gasteiger partial charge in [0.2, 0.25) is 0 Å². The molecule has 2 N–H and O–H groups in total. The Balaban J connectivity index is 2.26. The Morgan fingerprint density at radius 3 is 2.70 bits per heavy atom. The third-order valence-corrected chi connectivity index (χ3v) is 2.00. The zero-order chi connectivity index (χ0) is 7.56. The average Bonchev–Trinajstić information content (AvgIpc) is 2.15. The van der Waals surface area contributed by atoms with Crippen molar-refractivity contribution in [2.45, 2.75) is 18.9 Å². The van der Waals surface area contributed by atoms with E-state index in [1.807, 2.05) is 5.01 Å². The van der Waals surface area contributed by atoms with Crippen LogP contribution < -0.4 is 5.84 Å². The Kier molecular flexibility index (Phi) is 2.65. The van der Waals surface area contributed by atoms with Crippen LogP contribution in [0.25, 0.3) is 0 Å². The number of hydrogen-bond acceptors (Lipinski definition) is 3. The smallest absolute Gasteiger partial charge is 0.0368 e. The summed E-state index contributed by atoms with van der Waals surface area (Å²) < 4.78 is 0. The summed E-state index contributed by atoms with van der Waals surface area (Å²) in [5.41, 5.74) is 0. The van der Waals surface area contributed by atoms with Gasteiger partial charge in [0.05, 0.1) is 0 Å². The second-order valence-electron chi connectivity index (χ2n) is 3.30. The maximum atomic E-state index is 5.73. The molecule has 1 heterocycles. The summed E-state index contributed by atoms with van der Waals surface area (Å²) in [6.07, 6.45) is 2.52. The van der Waals surface area contributed by atoms with E-state index in [4.69, 9.17) is 5.84 Å². The highest BCUT2D eigenvalue weighted by Gasteiger charge is 2.21. The summed E-state index contributed by atoms with van der Waals surface area (Å²) in [7, 11) is 4.18. The first kappa shape index (κ1) is 7.98. The Bertz CT molecular complexity index is 103. The second-order valence-corrected chi connectivity index (χ2v) is 3.30. The van der Waals surface area contributed by atoms with Gasteiger partial charge >= 0.3 is 0 Å². The van der Waals surface area contributed by atoms with Crippen LogP contribution in [-0.4, -0.2) is 43.1 Å². The lowest BCUT2D eigenvalue weighted by atomic mass is 10.2. The molecule has 0 aliphatic carbocycles. The molecule has 1 aliphatic heterocycles. The Morgan fingerprint density at radius 1 is 1.60 bits per heavy atom. The van der Waals surface area contributed by atoms with E-state index in [1.165, 1.54) is 12.8 Å². The van der Waals surface area contributed by atoms with Gasteiger partial charge in [-0.2, -0.15) is 0 Å². The van der Waals surface area contributed by atoms with E-state index in [-0.39, 0.29) is 0 Å².